The molecule has 3 nitrogen and oxygen atoms in total. The van der Waals surface area contributed by atoms with Gasteiger partial charge in [-0.1, -0.05) is 0 Å². The van der Waals surface area contributed by atoms with Crippen LogP contribution < -0.4 is 5.73 Å². The van der Waals surface area contributed by atoms with Crippen LogP contribution in [-0.4, -0.2) is 11.4 Å². The lowest BCUT2D eigenvalue weighted by molar-refractivity contribution is 1.44. The molecule has 0 unspecified atom stereocenters. The molecule has 0 aliphatic carbocycles. The molecule has 1 aliphatic rings. The van der Waals surface area contributed by atoms with Gasteiger partial charge in [0.2, 0.25) is 0 Å². The molecule has 2 N–H and O–H groups in total. The largest absolute Gasteiger partial charge is 0.399 e. The highest BCUT2D eigenvalue weighted by Gasteiger charge is 2.07. The topological polar surface area (TPSA) is 50.7 Å². The van der Waals surface area contributed by atoms with E-state index in [1.54, 1.807) is 0 Å². The maximum atomic E-state index is 5.70. The Morgan fingerprint density at radius 1 is 1.07 bits per heavy atom. The van der Waals surface area contributed by atoms with Crippen LogP contribution in [0.15, 0.2) is 28.2 Å². The molecule has 72 valence electrons. The summed E-state index contributed by atoms with van der Waals surface area (Å²) in [5.41, 5.74) is 10.4. The van der Waals surface area contributed by atoms with Crippen LogP contribution in [0.4, 0.5) is 17.1 Å². The van der Waals surface area contributed by atoms with Crippen LogP contribution in [0.2, 0.25) is 0 Å². The van der Waals surface area contributed by atoms with Crippen molar-refractivity contribution in [2.75, 3.05) is 5.73 Å². The maximum Gasteiger partial charge on any atom is 0.0905 e. The molecule has 0 spiro atoms. The smallest absolute Gasteiger partial charge is 0.0905 e. The average molecular weight is 187 g/mol. The molecule has 1 aliphatic heterocycles. The van der Waals surface area contributed by atoms with E-state index in [0.29, 0.717) is 0 Å². The number of anilines is 1. The standard InChI is InChI=1S/C11H13N3/c1-7-5-8(2)14-11-6-9(12)3-4-10(11)13-7/h3-4,6H,5,12H2,1-2H3. The minimum atomic E-state index is 0.732. The molecule has 0 saturated heterocycles. The molecule has 0 fully saturated rings. The van der Waals surface area contributed by atoms with Crippen molar-refractivity contribution in [3.63, 3.8) is 0 Å². The molecule has 0 atom stereocenters. The minimum absolute atomic E-state index is 0.732. The number of hydrogen-bond acceptors (Lipinski definition) is 3. The van der Waals surface area contributed by atoms with Crippen LogP contribution in [-0.2, 0) is 0 Å². The fourth-order valence-corrected chi connectivity index (χ4v) is 1.59. The summed E-state index contributed by atoms with van der Waals surface area (Å²) in [6.45, 7) is 4.03. The monoisotopic (exact) mass is 187 g/mol. The van der Waals surface area contributed by atoms with E-state index < -0.39 is 0 Å². The third-order valence-corrected chi connectivity index (χ3v) is 2.13. The molecule has 0 radical (unpaired) electrons. The molecule has 3 heteroatoms. The van der Waals surface area contributed by atoms with Crippen LogP contribution in [0.25, 0.3) is 0 Å². The first kappa shape index (κ1) is 8.94. The molecule has 2 rings (SSSR count). The SMILES string of the molecule is CC1=Nc2ccc(N)cc2N=C(C)C1. The second-order valence-corrected chi connectivity index (χ2v) is 3.62. The van der Waals surface area contributed by atoms with E-state index >= 15 is 0 Å². The molecule has 14 heavy (non-hydrogen) atoms. The van der Waals surface area contributed by atoms with Crippen LogP contribution in [0.1, 0.15) is 20.3 Å². The van der Waals surface area contributed by atoms with Gasteiger partial charge in [-0.05, 0) is 32.0 Å². The summed E-state index contributed by atoms with van der Waals surface area (Å²) in [6.07, 6.45) is 0.842. The minimum Gasteiger partial charge on any atom is -0.399 e. The molecule has 1 heterocycles. The van der Waals surface area contributed by atoms with Gasteiger partial charge in [-0.15, -0.1) is 0 Å². The zero-order valence-electron chi connectivity index (χ0n) is 8.41. The summed E-state index contributed by atoms with van der Waals surface area (Å²) in [4.78, 5) is 8.95. The van der Waals surface area contributed by atoms with Crippen LogP contribution >= 0.6 is 0 Å². The summed E-state index contributed by atoms with van der Waals surface area (Å²) in [5, 5.41) is 0. The molecule has 0 saturated carbocycles. The Kier molecular flexibility index (Phi) is 2.08. The first-order valence-electron chi connectivity index (χ1n) is 4.63. The highest BCUT2D eigenvalue weighted by molar-refractivity contribution is 6.06. The summed E-state index contributed by atoms with van der Waals surface area (Å²) >= 11 is 0. The summed E-state index contributed by atoms with van der Waals surface area (Å²) in [7, 11) is 0. The number of nitrogens with zero attached hydrogens (tertiary/aromatic N) is 2. The third-order valence-electron chi connectivity index (χ3n) is 2.13. The van der Waals surface area contributed by atoms with Crippen molar-refractivity contribution in [1.29, 1.82) is 0 Å². The number of nitrogen functional groups attached to an aromatic ring is 1. The normalized spacial score (nSPS) is 15.3. The zero-order chi connectivity index (χ0) is 10.1. The van der Waals surface area contributed by atoms with Gasteiger partial charge in [0.1, 0.15) is 0 Å². The summed E-state index contributed by atoms with van der Waals surface area (Å²) in [5.74, 6) is 0. The quantitative estimate of drug-likeness (QED) is 0.624. The van der Waals surface area contributed by atoms with Gasteiger partial charge in [-0.25, -0.2) is 0 Å². The van der Waals surface area contributed by atoms with Crippen LogP contribution in [0.5, 0.6) is 0 Å². The highest BCUT2D eigenvalue weighted by Crippen LogP contribution is 2.32. The van der Waals surface area contributed by atoms with Crippen molar-refractivity contribution < 1.29 is 0 Å². The van der Waals surface area contributed by atoms with Gasteiger partial charge in [0.15, 0.2) is 0 Å². The van der Waals surface area contributed by atoms with E-state index in [-0.39, 0.29) is 0 Å². The molecule has 0 amide bonds. The Balaban J connectivity index is 2.61. The van der Waals surface area contributed by atoms with E-state index in [2.05, 4.69) is 9.98 Å². The van der Waals surface area contributed by atoms with Crippen molar-refractivity contribution in [2.45, 2.75) is 20.3 Å². The Labute approximate surface area is 83.4 Å². The van der Waals surface area contributed by atoms with E-state index in [1.807, 2.05) is 32.0 Å². The average Bonchev–Trinajstić information content (AvgIpc) is 2.21. The number of nitrogens with two attached hydrogens (primary N) is 1. The lowest BCUT2D eigenvalue weighted by Crippen LogP contribution is -1.97. The zero-order valence-corrected chi connectivity index (χ0v) is 8.41. The predicted octanol–water partition coefficient (Wildman–Crippen LogP) is 2.86. The van der Waals surface area contributed by atoms with E-state index in [4.69, 9.17) is 5.73 Å². The van der Waals surface area contributed by atoms with E-state index in [1.165, 1.54) is 0 Å². The Morgan fingerprint density at radius 3 is 2.43 bits per heavy atom. The lowest BCUT2D eigenvalue weighted by atomic mass is 10.2. The van der Waals surface area contributed by atoms with E-state index in [0.717, 1.165) is 34.9 Å². The van der Waals surface area contributed by atoms with Crippen molar-refractivity contribution in [3.05, 3.63) is 18.2 Å². The van der Waals surface area contributed by atoms with E-state index in [9.17, 15) is 0 Å². The maximum absolute atomic E-state index is 5.70. The molecule has 1 aromatic carbocycles. The van der Waals surface area contributed by atoms with Gasteiger partial charge < -0.3 is 5.73 Å². The Bertz CT molecular complexity index is 430. The molecular formula is C11H13N3. The van der Waals surface area contributed by atoms with Crippen molar-refractivity contribution in [3.8, 4) is 0 Å². The van der Waals surface area contributed by atoms with Gasteiger partial charge in [0.05, 0.1) is 11.4 Å². The molecule has 0 bridgehead atoms. The lowest BCUT2D eigenvalue weighted by Gasteiger charge is -2.00. The van der Waals surface area contributed by atoms with Gasteiger partial charge in [0, 0.05) is 23.5 Å². The first-order valence-corrected chi connectivity index (χ1v) is 4.63. The summed E-state index contributed by atoms with van der Waals surface area (Å²) in [6, 6.07) is 5.63. The van der Waals surface area contributed by atoms with Crippen LogP contribution in [0.3, 0.4) is 0 Å². The number of aliphatic imine (C=N–C) groups is 2. The van der Waals surface area contributed by atoms with Crippen LogP contribution in [0, 0.1) is 0 Å². The second kappa shape index (κ2) is 3.25. The van der Waals surface area contributed by atoms with Gasteiger partial charge in [-0.2, -0.15) is 0 Å². The Hall–Kier alpha value is -1.64. The van der Waals surface area contributed by atoms with Gasteiger partial charge in [0.25, 0.3) is 0 Å². The number of fused-ring (bicyclic) bond motifs is 1. The first-order chi connectivity index (χ1) is 6.65. The second-order valence-electron chi connectivity index (χ2n) is 3.62. The number of hydrogen-bond donors (Lipinski definition) is 1. The fourth-order valence-electron chi connectivity index (χ4n) is 1.59. The van der Waals surface area contributed by atoms with Gasteiger partial charge in [-0.3, -0.25) is 9.98 Å². The number of benzene rings is 1. The summed E-state index contributed by atoms with van der Waals surface area (Å²) < 4.78 is 0. The predicted molar refractivity (Wildman–Crippen MR) is 61.0 cm³/mol. The molecule has 1 aromatic rings. The Morgan fingerprint density at radius 2 is 1.71 bits per heavy atom. The highest BCUT2D eigenvalue weighted by atomic mass is 14.9. The fraction of sp³-hybridized carbons (Fsp3) is 0.273. The van der Waals surface area contributed by atoms with Crippen molar-refractivity contribution in [2.24, 2.45) is 9.98 Å². The van der Waals surface area contributed by atoms with Gasteiger partial charge >= 0.3 is 0 Å². The third kappa shape index (κ3) is 1.66. The molecule has 0 aromatic heterocycles. The molecular weight excluding hydrogens is 174 g/mol. The van der Waals surface area contributed by atoms with Crippen molar-refractivity contribution >= 4 is 28.5 Å². The van der Waals surface area contributed by atoms with Crippen molar-refractivity contribution in [1.82, 2.24) is 0 Å². The number of rotatable bonds is 0.